The molecule has 8 heteroatoms. The lowest BCUT2D eigenvalue weighted by atomic mass is 9.95. The number of esters is 1. The molecule has 1 atom stereocenters. The molecule has 0 fully saturated rings. The molecule has 1 unspecified atom stereocenters. The summed E-state index contributed by atoms with van der Waals surface area (Å²) in [5.41, 5.74) is 1.93. The van der Waals surface area contributed by atoms with E-state index in [2.05, 4.69) is 36.8 Å². The van der Waals surface area contributed by atoms with Crippen molar-refractivity contribution in [1.29, 1.82) is 5.26 Å². The van der Waals surface area contributed by atoms with Crippen molar-refractivity contribution in [3.05, 3.63) is 52.8 Å². The van der Waals surface area contributed by atoms with Gasteiger partial charge >= 0.3 is 5.97 Å². The second kappa shape index (κ2) is 18.5. The number of pyridine rings is 1. The van der Waals surface area contributed by atoms with E-state index in [0.29, 0.717) is 23.5 Å². The molecule has 0 bridgehead atoms. The van der Waals surface area contributed by atoms with Crippen molar-refractivity contribution in [2.45, 2.75) is 92.4 Å². The van der Waals surface area contributed by atoms with Crippen LogP contribution in [-0.2, 0) is 20.8 Å². The van der Waals surface area contributed by atoms with Gasteiger partial charge in [-0.05, 0) is 77.5 Å². The van der Waals surface area contributed by atoms with Gasteiger partial charge in [-0.25, -0.2) is 9.78 Å². The largest absolute Gasteiger partial charge is 0.460 e. The molecular weight excluding hydrogens is 488 g/mol. The van der Waals surface area contributed by atoms with E-state index < -0.39 is 0 Å². The summed E-state index contributed by atoms with van der Waals surface area (Å²) in [7, 11) is 3.64. The number of carbonyl (C=O) groups is 1. The number of carbonyl (C=O) groups excluding carboxylic acids is 1. The summed E-state index contributed by atoms with van der Waals surface area (Å²) in [6, 6.07) is 3.63. The van der Waals surface area contributed by atoms with Gasteiger partial charge in [0, 0.05) is 33.0 Å². The standard InChI is InChI=1S/C19H34O3.C10H11ClN4/c1-15(2)22-18(20)14-17(4)11-8-10-16(3)12-9-13-19(5,6)21-7;1-8(14-7-12)15(2)6-9-3-4-10(11)13-5-9/h8,11,14-16H,9-10,12-13H2,1-7H3;3-5H,6H2,1-2H3/b11-8+,17-14+;. The maximum Gasteiger partial charge on any atom is 0.331 e. The monoisotopic (exact) mass is 532 g/mol. The maximum atomic E-state index is 11.5. The summed E-state index contributed by atoms with van der Waals surface area (Å²) in [6.45, 7) is 14.6. The molecule has 0 radical (unpaired) electrons. The molecule has 7 nitrogen and oxygen atoms in total. The Morgan fingerprint density at radius 1 is 1.30 bits per heavy atom. The molecule has 0 aliphatic heterocycles. The number of hydrogen-bond acceptors (Lipinski definition) is 6. The third-order valence-corrected chi connectivity index (χ3v) is 5.84. The van der Waals surface area contributed by atoms with Gasteiger partial charge in [-0.15, -0.1) is 0 Å². The number of ether oxygens (including phenoxy) is 2. The SMILES string of the molecule is CC(=NC#N)N(C)Cc1ccc(Cl)nc1.COC(C)(C)CCCC(C)C/C=C/C(C)=C/C(=O)OC(C)C. The Morgan fingerprint density at radius 3 is 2.51 bits per heavy atom. The summed E-state index contributed by atoms with van der Waals surface area (Å²) < 4.78 is 10.5. The van der Waals surface area contributed by atoms with E-state index in [4.69, 9.17) is 26.3 Å². The Hall–Kier alpha value is -2.69. The van der Waals surface area contributed by atoms with Crippen LogP contribution < -0.4 is 0 Å². The highest BCUT2D eigenvalue weighted by Gasteiger charge is 2.15. The van der Waals surface area contributed by atoms with Crippen molar-refractivity contribution in [3.63, 3.8) is 0 Å². The van der Waals surface area contributed by atoms with Crippen LogP contribution in [0.25, 0.3) is 0 Å². The highest BCUT2D eigenvalue weighted by atomic mass is 35.5. The number of hydrogen-bond donors (Lipinski definition) is 0. The molecule has 0 aliphatic carbocycles. The molecule has 1 rings (SSSR count). The molecule has 0 aromatic carbocycles. The minimum absolute atomic E-state index is 0.0222. The van der Waals surface area contributed by atoms with Gasteiger partial charge in [0.25, 0.3) is 0 Å². The number of halogens is 1. The van der Waals surface area contributed by atoms with Crippen LogP contribution in [-0.4, -0.2) is 47.6 Å². The fourth-order valence-corrected chi connectivity index (χ4v) is 3.24. The van der Waals surface area contributed by atoms with E-state index in [1.165, 1.54) is 12.8 Å². The van der Waals surface area contributed by atoms with Crippen molar-refractivity contribution >= 4 is 23.4 Å². The smallest absolute Gasteiger partial charge is 0.331 e. The minimum Gasteiger partial charge on any atom is -0.460 e. The summed E-state index contributed by atoms with van der Waals surface area (Å²) in [4.78, 5) is 21.0. The summed E-state index contributed by atoms with van der Waals surface area (Å²) >= 11 is 5.67. The highest BCUT2D eigenvalue weighted by molar-refractivity contribution is 6.29. The molecule has 0 amide bonds. The number of aromatic nitrogens is 1. The van der Waals surface area contributed by atoms with Crippen LogP contribution in [0.3, 0.4) is 0 Å². The lowest BCUT2D eigenvalue weighted by molar-refractivity contribution is -0.141. The lowest BCUT2D eigenvalue weighted by Gasteiger charge is -2.23. The molecule has 1 aromatic heterocycles. The Morgan fingerprint density at radius 2 is 1.97 bits per heavy atom. The predicted octanol–water partition coefficient (Wildman–Crippen LogP) is 7.13. The zero-order valence-corrected chi connectivity index (χ0v) is 24.8. The number of amidine groups is 1. The zero-order valence-electron chi connectivity index (χ0n) is 24.0. The average molecular weight is 533 g/mol. The van der Waals surface area contributed by atoms with Crippen LogP contribution in [0.4, 0.5) is 0 Å². The Labute approximate surface area is 229 Å². The van der Waals surface area contributed by atoms with Gasteiger partial charge in [0.2, 0.25) is 6.19 Å². The number of nitrogens with zero attached hydrogens (tertiary/aromatic N) is 4. The normalized spacial score (nSPS) is 13.1. The first-order chi connectivity index (χ1) is 17.3. The fraction of sp³-hybridized carbons (Fsp3) is 0.586. The van der Waals surface area contributed by atoms with Gasteiger partial charge in [0.1, 0.15) is 11.0 Å². The molecular formula is C29H45ClN4O3. The second-order valence-corrected chi connectivity index (χ2v) is 10.5. The van der Waals surface area contributed by atoms with Gasteiger partial charge in [-0.3, -0.25) is 0 Å². The molecule has 1 heterocycles. The van der Waals surface area contributed by atoms with Crippen molar-refractivity contribution in [2.24, 2.45) is 10.9 Å². The van der Waals surface area contributed by atoms with Crippen LogP contribution in [0, 0.1) is 17.4 Å². The molecule has 0 aliphatic rings. The molecule has 1 aromatic rings. The Kier molecular flexibility index (Phi) is 17.2. The van der Waals surface area contributed by atoms with E-state index in [9.17, 15) is 4.79 Å². The molecule has 206 valence electrons. The first kappa shape index (κ1) is 34.3. The number of rotatable bonds is 12. The Balaban J connectivity index is 0.000000749. The first-order valence-corrected chi connectivity index (χ1v) is 13.0. The first-order valence-electron chi connectivity index (χ1n) is 12.6. The van der Waals surface area contributed by atoms with E-state index in [-0.39, 0.29) is 17.7 Å². The Bertz CT molecular complexity index is 931. The highest BCUT2D eigenvalue weighted by Crippen LogP contribution is 2.20. The molecule has 37 heavy (non-hydrogen) atoms. The molecule has 0 N–H and O–H groups in total. The molecule has 0 saturated carbocycles. The number of aliphatic imine (C=N–C) groups is 1. The molecule has 0 spiro atoms. The lowest BCUT2D eigenvalue weighted by Crippen LogP contribution is -2.23. The number of nitriles is 1. The van der Waals surface area contributed by atoms with Gasteiger partial charge in [-0.2, -0.15) is 10.3 Å². The van der Waals surface area contributed by atoms with Gasteiger partial charge in [0.05, 0.1) is 11.7 Å². The topological polar surface area (TPSA) is 87.8 Å². The number of allylic oxidation sites excluding steroid dienone is 3. The summed E-state index contributed by atoms with van der Waals surface area (Å²) in [5, 5.41) is 8.87. The van der Waals surface area contributed by atoms with Crippen molar-refractivity contribution in [3.8, 4) is 6.19 Å². The van der Waals surface area contributed by atoms with Crippen molar-refractivity contribution < 1.29 is 14.3 Å². The quantitative estimate of drug-likeness (QED) is 0.0541. The van der Waals surface area contributed by atoms with Gasteiger partial charge in [-0.1, -0.05) is 49.6 Å². The third-order valence-electron chi connectivity index (χ3n) is 5.62. The van der Waals surface area contributed by atoms with E-state index in [1.54, 1.807) is 38.6 Å². The van der Waals surface area contributed by atoms with Gasteiger partial charge < -0.3 is 14.4 Å². The van der Waals surface area contributed by atoms with Crippen LogP contribution in [0.1, 0.15) is 79.7 Å². The summed E-state index contributed by atoms with van der Waals surface area (Å²) in [5.74, 6) is 1.04. The minimum atomic E-state index is -0.271. The third kappa shape index (κ3) is 18.2. The second-order valence-electron chi connectivity index (χ2n) is 10.1. The average Bonchev–Trinajstić information content (AvgIpc) is 2.80. The van der Waals surface area contributed by atoms with Gasteiger partial charge in [0.15, 0.2) is 0 Å². The van der Waals surface area contributed by atoms with Crippen molar-refractivity contribution in [1.82, 2.24) is 9.88 Å². The van der Waals surface area contributed by atoms with E-state index in [1.807, 2.05) is 44.9 Å². The zero-order chi connectivity index (χ0) is 28.4. The molecule has 0 saturated heterocycles. The van der Waals surface area contributed by atoms with Crippen LogP contribution >= 0.6 is 11.6 Å². The predicted molar refractivity (Wildman–Crippen MR) is 152 cm³/mol. The fourth-order valence-electron chi connectivity index (χ4n) is 3.13. The van der Waals surface area contributed by atoms with E-state index >= 15 is 0 Å². The van der Waals surface area contributed by atoms with Crippen LogP contribution in [0.2, 0.25) is 5.15 Å². The summed E-state index contributed by atoms with van der Waals surface area (Å²) in [6.07, 6.45) is 13.5. The van der Waals surface area contributed by atoms with Crippen LogP contribution in [0.15, 0.2) is 47.1 Å². The van der Waals surface area contributed by atoms with Crippen molar-refractivity contribution in [2.75, 3.05) is 14.2 Å². The van der Waals surface area contributed by atoms with E-state index in [0.717, 1.165) is 24.0 Å². The van der Waals surface area contributed by atoms with Crippen LogP contribution in [0.5, 0.6) is 0 Å². The number of methoxy groups -OCH3 is 1. The maximum absolute atomic E-state index is 11.5.